The van der Waals surface area contributed by atoms with Crippen molar-refractivity contribution >= 4 is 21.5 Å². The molecule has 20 heavy (non-hydrogen) atoms. The molecule has 0 saturated heterocycles. The van der Waals surface area contributed by atoms with Gasteiger partial charge in [0, 0.05) is 10.8 Å². The Morgan fingerprint density at radius 2 is 1.30 bits per heavy atom. The number of hydrogen-bond donors (Lipinski definition) is 0. The highest BCUT2D eigenvalue weighted by atomic mass is 16.7. The summed E-state index contributed by atoms with van der Waals surface area (Å²) in [5.41, 5.74) is 0. The van der Waals surface area contributed by atoms with Crippen LogP contribution in [0.1, 0.15) is 0 Å². The molecule has 98 valence electrons. The van der Waals surface area contributed by atoms with Crippen LogP contribution in [0.5, 0.6) is 23.0 Å². The van der Waals surface area contributed by atoms with Crippen molar-refractivity contribution in [1.82, 2.24) is 0 Å². The highest BCUT2D eigenvalue weighted by molar-refractivity contribution is 6.15. The smallest absolute Gasteiger partial charge is 0.231 e. The maximum absolute atomic E-state index is 5.69. The summed E-state index contributed by atoms with van der Waals surface area (Å²) in [5.74, 6) is 2.80. The summed E-state index contributed by atoms with van der Waals surface area (Å²) in [6, 6.07) is 12.4. The molecule has 0 atom stereocenters. The van der Waals surface area contributed by atoms with Gasteiger partial charge in [-0.25, -0.2) is 0 Å². The highest BCUT2D eigenvalue weighted by Crippen LogP contribution is 2.56. The second kappa shape index (κ2) is 3.48. The van der Waals surface area contributed by atoms with Crippen LogP contribution in [0.2, 0.25) is 0 Å². The number of hydrogen-bond acceptors (Lipinski definition) is 4. The van der Waals surface area contributed by atoms with Crippen LogP contribution >= 0.6 is 0 Å². The maximum atomic E-state index is 5.69. The zero-order valence-corrected chi connectivity index (χ0v) is 10.5. The Morgan fingerprint density at radius 1 is 0.600 bits per heavy atom. The van der Waals surface area contributed by atoms with Crippen molar-refractivity contribution in [2.45, 2.75) is 0 Å². The predicted octanol–water partition coefficient (Wildman–Crippen LogP) is 3.45. The van der Waals surface area contributed by atoms with Gasteiger partial charge in [-0.1, -0.05) is 30.3 Å². The highest BCUT2D eigenvalue weighted by Gasteiger charge is 2.32. The van der Waals surface area contributed by atoms with Crippen LogP contribution < -0.4 is 18.9 Å². The molecule has 0 N–H and O–H groups in total. The summed E-state index contributed by atoms with van der Waals surface area (Å²) in [6.45, 7) is 0.435. The van der Waals surface area contributed by atoms with Crippen molar-refractivity contribution < 1.29 is 18.9 Å². The molecule has 0 aromatic heterocycles. The van der Waals surface area contributed by atoms with Gasteiger partial charge in [0.1, 0.15) is 0 Å². The Hall–Kier alpha value is -2.62. The molecule has 4 heteroatoms. The van der Waals surface area contributed by atoms with Crippen molar-refractivity contribution in [2.24, 2.45) is 0 Å². The van der Waals surface area contributed by atoms with Crippen LogP contribution in [-0.2, 0) is 0 Å². The fourth-order valence-electron chi connectivity index (χ4n) is 2.99. The largest absolute Gasteiger partial charge is 0.453 e. The molecule has 0 spiro atoms. The van der Waals surface area contributed by atoms with Crippen LogP contribution in [0.25, 0.3) is 21.5 Å². The lowest BCUT2D eigenvalue weighted by atomic mass is 9.99. The molecule has 3 aromatic carbocycles. The van der Waals surface area contributed by atoms with Crippen LogP contribution in [0.15, 0.2) is 36.4 Å². The lowest BCUT2D eigenvalue weighted by molar-refractivity contribution is 0.158. The second-order valence-corrected chi connectivity index (χ2v) is 4.84. The summed E-state index contributed by atoms with van der Waals surface area (Å²) >= 11 is 0. The maximum Gasteiger partial charge on any atom is 0.231 e. The van der Waals surface area contributed by atoms with Gasteiger partial charge >= 0.3 is 0 Å². The topological polar surface area (TPSA) is 36.9 Å². The third-order valence-electron chi connectivity index (χ3n) is 3.83. The second-order valence-electron chi connectivity index (χ2n) is 4.84. The molecule has 0 aliphatic carbocycles. The molecule has 0 saturated carbocycles. The molecule has 2 aliphatic rings. The third-order valence-corrected chi connectivity index (χ3v) is 3.83. The fraction of sp³-hybridized carbons (Fsp3) is 0.125. The summed E-state index contributed by atoms with van der Waals surface area (Å²) < 4.78 is 22.4. The summed E-state index contributed by atoms with van der Waals surface area (Å²) in [5, 5.41) is 4.32. The Balaban J connectivity index is 2.07. The van der Waals surface area contributed by atoms with E-state index < -0.39 is 0 Å². The van der Waals surface area contributed by atoms with Crippen LogP contribution in [0, 0.1) is 0 Å². The van der Waals surface area contributed by atoms with Gasteiger partial charge in [0.05, 0.1) is 0 Å². The van der Waals surface area contributed by atoms with Gasteiger partial charge in [-0.05, 0) is 16.8 Å². The first-order valence-electron chi connectivity index (χ1n) is 6.46. The molecular formula is C16H10O4. The number of ether oxygens (including phenoxy) is 4. The number of rotatable bonds is 0. The Morgan fingerprint density at radius 3 is 2.20 bits per heavy atom. The average molecular weight is 266 g/mol. The van der Waals surface area contributed by atoms with Crippen molar-refractivity contribution in [1.29, 1.82) is 0 Å². The van der Waals surface area contributed by atoms with Gasteiger partial charge in [-0.15, -0.1) is 0 Å². The van der Waals surface area contributed by atoms with E-state index in [9.17, 15) is 0 Å². The Kier molecular flexibility index (Phi) is 1.77. The molecule has 2 heterocycles. The van der Waals surface area contributed by atoms with E-state index in [1.807, 2.05) is 18.2 Å². The molecule has 0 amide bonds. The number of benzene rings is 3. The summed E-state index contributed by atoms with van der Waals surface area (Å²) in [6.07, 6.45) is 0. The molecular weight excluding hydrogens is 256 g/mol. The monoisotopic (exact) mass is 266 g/mol. The molecule has 0 fully saturated rings. The van der Waals surface area contributed by atoms with Gasteiger partial charge < -0.3 is 18.9 Å². The lowest BCUT2D eigenvalue weighted by Gasteiger charge is -2.10. The predicted molar refractivity (Wildman–Crippen MR) is 73.7 cm³/mol. The van der Waals surface area contributed by atoms with Crippen LogP contribution in [-0.4, -0.2) is 13.6 Å². The zero-order chi connectivity index (χ0) is 13.1. The quantitative estimate of drug-likeness (QED) is 0.584. The lowest BCUT2D eigenvalue weighted by Crippen LogP contribution is -1.95. The van der Waals surface area contributed by atoms with Crippen molar-refractivity contribution in [2.75, 3.05) is 13.6 Å². The van der Waals surface area contributed by atoms with Crippen molar-refractivity contribution in [3.05, 3.63) is 36.4 Å². The minimum atomic E-state index is 0.216. The third kappa shape index (κ3) is 1.12. The zero-order valence-electron chi connectivity index (χ0n) is 10.5. The molecule has 0 radical (unpaired) electrons. The molecule has 4 nitrogen and oxygen atoms in total. The molecule has 0 unspecified atom stereocenters. The summed E-state index contributed by atoms with van der Waals surface area (Å²) in [4.78, 5) is 0. The SMILES string of the molecule is c1ccc2c(c1)ccc1c3c(c4c(c12)OCO4)OCO3. The van der Waals surface area contributed by atoms with Crippen LogP contribution in [0.4, 0.5) is 0 Å². The van der Waals surface area contributed by atoms with E-state index in [4.69, 9.17) is 18.9 Å². The fourth-order valence-corrected chi connectivity index (χ4v) is 2.99. The van der Waals surface area contributed by atoms with E-state index in [1.165, 1.54) is 0 Å². The first-order valence-corrected chi connectivity index (χ1v) is 6.46. The normalized spacial score (nSPS) is 15.2. The summed E-state index contributed by atoms with van der Waals surface area (Å²) in [7, 11) is 0. The van der Waals surface area contributed by atoms with E-state index in [1.54, 1.807) is 0 Å². The molecule has 0 bridgehead atoms. The Labute approximate surface area is 114 Å². The van der Waals surface area contributed by atoms with Gasteiger partial charge in [0.25, 0.3) is 0 Å². The van der Waals surface area contributed by atoms with Crippen molar-refractivity contribution in [3.8, 4) is 23.0 Å². The van der Waals surface area contributed by atoms with Gasteiger partial charge in [-0.2, -0.15) is 0 Å². The van der Waals surface area contributed by atoms with E-state index in [0.29, 0.717) is 11.5 Å². The van der Waals surface area contributed by atoms with Gasteiger partial charge in [-0.3, -0.25) is 0 Å². The van der Waals surface area contributed by atoms with Gasteiger partial charge in [0.2, 0.25) is 25.1 Å². The first-order chi connectivity index (χ1) is 9.93. The average Bonchev–Trinajstić information content (AvgIpc) is 3.15. The molecule has 3 aromatic rings. The van der Waals surface area contributed by atoms with Crippen molar-refractivity contribution in [3.63, 3.8) is 0 Å². The minimum absolute atomic E-state index is 0.216. The number of fused-ring (bicyclic) bond motifs is 8. The van der Waals surface area contributed by atoms with E-state index in [0.717, 1.165) is 33.0 Å². The van der Waals surface area contributed by atoms with E-state index >= 15 is 0 Å². The van der Waals surface area contributed by atoms with E-state index in [-0.39, 0.29) is 13.6 Å². The standard InChI is InChI=1S/C16H10O4/c1-2-4-10-9(3-1)5-6-11-12(10)14-16(20-8-18-14)15-13(11)17-7-19-15/h1-6H,7-8H2. The van der Waals surface area contributed by atoms with E-state index in [2.05, 4.69) is 18.2 Å². The minimum Gasteiger partial charge on any atom is -0.453 e. The van der Waals surface area contributed by atoms with Crippen LogP contribution in [0.3, 0.4) is 0 Å². The Bertz CT molecular complexity index is 869. The first kappa shape index (κ1) is 10.2. The molecule has 2 aliphatic heterocycles. The van der Waals surface area contributed by atoms with Gasteiger partial charge in [0.15, 0.2) is 11.5 Å². The molecule has 5 rings (SSSR count).